The summed E-state index contributed by atoms with van der Waals surface area (Å²) in [5, 5.41) is 16.1. The van der Waals surface area contributed by atoms with Gasteiger partial charge in [0.25, 0.3) is 11.4 Å². The molecule has 9 heteroatoms. The Balaban J connectivity index is 0.00000157. The van der Waals surface area contributed by atoms with E-state index in [0.29, 0.717) is 34.8 Å². The van der Waals surface area contributed by atoms with E-state index in [1.54, 1.807) is 12.3 Å². The maximum absolute atomic E-state index is 12.2. The fraction of sp³-hybridized carbons (Fsp3) is 0.500. The number of rotatable bonds is 3. The number of aromatic nitrogens is 5. The molecule has 0 radical (unpaired) electrons. The number of hydrogen-bond acceptors (Lipinski definition) is 6. The maximum atomic E-state index is 12.2. The molecular weight excluding hydrogens is 344 g/mol. The lowest BCUT2D eigenvalue weighted by atomic mass is 9.94. The van der Waals surface area contributed by atoms with Crippen molar-refractivity contribution in [2.24, 2.45) is 0 Å². The van der Waals surface area contributed by atoms with Crippen molar-refractivity contribution in [2.45, 2.75) is 37.5 Å². The first-order valence-corrected chi connectivity index (χ1v) is 8.45. The highest BCUT2D eigenvalue weighted by Gasteiger charge is 2.30. The molecular formula is C16H19ClN6O2. The van der Waals surface area contributed by atoms with Crippen LogP contribution in [-0.2, 0) is 0 Å². The summed E-state index contributed by atoms with van der Waals surface area (Å²) >= 11 is 0. The molecule has 25 heavy (non-hydrogen) atoms. The van der Waals surface area contributed by atoms with Crippen LogP contribution in [0.1, 0.15) is 49.1 Å². The number of H-pyrrole nitrogens is 1. The van der Waals surface area contributed by atoms with Gasteiger partial charge in [0, 0.05) is 17.9 Å². The number of hydrogen-bond donors (Lipinski definition) is 2. The average Bonchev–Trinajstić information content (AvgIpc) is 3.19. The number of piperidine rings is 1. The van der Waals surface area contributed by atoms with Gasteiger partial charge in [-0.1, -0.05) is 0 Å². The van der Waals surface area contributed by atoms with Gasteiger partial charge in [-0.2, -0.15) is 5.10 Å². The Labute approximate surface area is 149 Å². The molecule has 2 fully saturated rings. The zero-order valence-electron chi connectivity index (χ0n) is 13.6. The molecule has 1 aliphatic heterocycles. The van der Waals surface area contributed by atoms with E-state index in [1.165, 1.54) is 0 Å². The van der Waals surface area contributed by atoms with Gasteiger partial charge in [-0.25, -0.2) is 4.52 Å². The van der Waals surface area contributed by atoms with Crippen molar-refractivity contribution in [3.8, 4) is 11.5 Å². The van der Waals surface area contributed by atoms with E-state index in [4.69, 9.17) is 4.42 Å². The first kappa shape index (κ1) is 16.3. The lowest BCUT2D eigenvalue weighted by molar-refractivity contribution is 0.446. The Morgan fingerprint density at radius 2 is 1.92 bits per heavy atom. The van der Waals surface area contributed by atoms with E-state index in [0.717, 1.165) is 44.5 Å². The van der Waals surface area contributed by atoms with E-state index >= 15 is 0 Å². The van der Waals surface area contributed by atoms with Gasteiger partial charge in [-0.3, -0.25) is 4.79 Å². The standard InChI is InChI=1S/C16H18N6O2.ClH/c23-13-7-12(9-3-5-17-6-4-9)22-14(19-13)11(8-18-22)16-21-20-15(24-16)10-1-2-10;/h7-10,17H,1-6H2,(H,19,23);1H. The minimum Gasteiger partial charge on any atom is -0.420 e. The third kappa shape index (κ3) is 2.85. The molecule has 0 spiro atoms. The minimum absolute atomic E-state index is 0. The van der Waals surface area contributed by atoms with Crippen LogP contribution in [0.3, 0.4) is 0 Å². The number of halogens is 1. The summed E-state index contributed by atoms with van der Waals surface area (Å²) in [5.74, 6) is 1.83. The van der Waals surface area contributed by atoms with Crippen LogP contribution in [0.4, 0.5) is 0 Å². The normalized spacial score (nSPS) is 18.4. The highest BCUT2D eigenvalue weighted by molar-refractivity contribution is 5.85. The van der Waals surface area contributed by atoms with Crippen molar-refractivity contribution >= 4 is 18.1 Å². The van der Waals surface area contributed by atoms with Gasteiger partial charge in [-0.15, -0.1) is 22.6 Å². The predicted molar refractivity (Wildman–Crippen MR) is 93.2 cm³/mol. The third-order valence-electron chi connectivity index (χ3n) is 4.89. The topological polar surface area (TPSA) is 101 Å². The van der Waals surface area contributed by atoms with Crippen molar-refractivity contribution < 1.29 is 4.42 Å². The molecule has 2 aliphatic rings. The predicted octanol–water partition coefficient (Wildman–Crippen LogP) is 1.84. The molecule has 132 valence electrons. The van der Waals surface area contributed by atoms with E-state index in [1.807, 2.05) is 4.52 Å². The number of aromatic amines is 1. The summed E-state index contributed by atoms with van der Waals surface area (Å²) in [6.07, 6.45) is 5.90. The van der Waals surface area contributed by atoms with Crippen molar-refractivity contribution in [1.82, 2.24) is 30.1 Å². The number of fused-ring (bicyclic) bond motifs is 1. The van der Waals surface area contributed by atoms with Gasteiger partial charge in [0.2, 0.25) is 5.89 Å². The minimum atomic E-state index is -0.125. The van der Waals surface area contributed by atoms with Crippen LogP contribution in [0.5, 0.6) is 0 Å². The number of nitrogens with zero attached hydrogens (tertiary/aromatic N) is 4. The molecule has 0 bridgehead atoms. The van der Waals surface area contributed by atoms with Crippen molar-refractivity contribution in [2.75, 3.05) is 13.1 Å². The summed E-state index contributed by atoms with van der Waals surface area (Å²) < 4.78 is 7.59. The van der Waals surface area contributed by atoms with Gasteiger partial charge < -0.3 is 14.7 Å². The van der Waals surface area contributed by atoms with Crippen LogP contribution in [0.2, 0.25) is 0 Å². The van der Waals surface area contributed by atoms with Gasteiger partial charge in [0.15, 0.2) is 0 Å². The highest BCUT2D eigenvalue weighted by atomic mass is 35.5. The van der Waals surface area contributed by atoms with Gasteiger partial charge in [-0.05, 0) is 38.8 Å². The molecule has 1 saturated heterocycles. The van der Waals surface area contributed by atoms with Crippen molar-refractivity contribution in [3.63, 3.8) is 0 Å². The van der Waals surface area contributed by atoms with E-state index in [-0.39, 0.29) is 18.0 Å². The van der Waals surface area contributed by atoms with Crippen LogP contribution >= 0.6 is 12.4 Å². The van der Waals surface area contributed by atoms with Crippen LogP contribution < -0.4 is 10.9 Å². The molecule has 0 atom stereocenters. The molecule has 3 aromatic heterocycles. The molecule has 1 aliphatic carbocycles. The SMILES string of the molecule is Cl.O=c1cc(C2CCNCC2)n2ncc(-c3nnc(C4CC4)o3)c2[nH]1. The molecule has 3 aromatic rings. The van der Waals surface area contributed by atoms with Crippen LogP contribution in [0, 0.1) is 0 Å². The van der Waals surface area contributed by atoms with Crippen molar-refractivity contribution in [3.05, 3.63) is 34.2 Å². The summed E-state index contributed by atoms with van der Waals surface area (Å²) in [7, 11) is 0. The summed E-state index contributed by atoms with van der Waals surface area (Å²) in [6, 6.07) is 1.66. The fourth-order valence-corrected chi connectivity index (χ4v) is 3.42. The molecule has 2 N–H and O–H groups in total. The second kappa shape index (κ2) is 6.27. The Kier molecular flexibility index (Phi) is 4.09. The van der Waals surface area contributed by atoms with Crippen molar-refractivity contribution in [1.29, 1.82) is 0 Å². The van der Waals surface area contributed by atoms with Gasteiger partial charge in [0.05, 0.1) is 11.9 Å². The fourth-order valence-electron chi connectivity index (χ4n) is 3.42. The van der Waals surface area contributed by atoms with Gasteiger partial charge >= 0.3 is 0 Å². The average molecular weight is 363 g/mol. The monoisotopic (exact) mass is 362 g/mol. The molecule has 0 unspecified atom stereocenters. The van der Waals surface area contributed by atoms with Crippen LogP contribution in [0.15, 0.2) is 21.5 Å². The van der Waals surface area contributed by atoms with Crippen LogP contribution in [0.25, 0.3) is 17.1 Å². The first-order chi connectivity index (χ1) is 11.8. The van der Waals surface area contributed by atoms with Gasteiger partial charge in [0.1, 0.15) is 11.2 Å². The summed E-state index contributed by atoms with van der Waals surface area (Å²) in [4.78, 5) is 15.0. The zero-order valence-corrected chi connectivity index (χ0v) is 14.4. The molecule has 4 heterocycles. The molecule has 8 nitrogen and oxygen atoms in total. The smallest absolute Gasteiger partial charge is 0.253 e. The maximum Gasteiger partial charge on any atom is 0.253 e. The largest absolute Gasteiger partial charge is 0.420 e. The lowest BCUT2D eigenvalue weighted by Crippen LogP contribution is -2.28. The summed E-state index contributed by atoms with van der Waals surface area (Å²) in [5.41, 5.74) is 2.13. The Morgan fingerprint density at radius 1 is 1.12 bits per heavy atom. The first-order valence-electron chi connectivity index (χ1n) is 8.45. The molecule has 5 rings (SSSR count). The van der Waals surface area contributed by atoms with E-state index in [9.17, 15) is 4.79 Å². The van der Waals surface area contributed by atoms with E-state index in [2.05, 4.69) is 25.6 Å². The lowest BCUT2D eigenvalue weighted by Gasteiger charge is -2.23. The highest BCUT2D eigenvalue weighted by Crippen LogP contribution is 2.40. The molecule has 1 saturated carbocycles. The van der Waals surface area contributed by atoms with E-state index < -0.39 is 0 Å². The Bertz CT molecular complexity index is 951. The Morgan fingerprint density at radius 3 is 2.68 bits per heavy atom. The zero-order chi connectivity index (χ0) is 16.1. The molecule has 0 amide bonds. The quantitative estimate of drug-likeness (QED) is 0.737. The molecule has 0 aromatic carbocycles. The summed E-state index contributed by atoms with van der Waals surface area (Å²) in [6.45, 7) is 1.92. The third-order valence-corrected chi connectivity index (χ3v) is 4.89. The van der Waals surface area contributed by atoms with Crippen LogP contribution in [-0.4, -0.2) is 37.9 Å². The second-order valence-corrected chi connectivity index (χ2v) is 6.62. The second-order valence-electron chi connectivity index (χ2n) is 6.62. The number of nitrogens with one attached hydrogen (secondary N) is 2. The Hall–Kier alpha value is -2.19.